The van der Waals surface area contributed by atoms with Crippen molar-refractivity contribution in [3.8, 4) is 5.75 Å². The Kier molecular flexibility index (Phi) is 10.7. The molecule has 0 N–H and O–H groups in total. The maximum atomic E-state index is 12.2. The molecule has 2 nitrogen and oxygen atoms in total. The molecular weight excluding hydrogens is 416 g/mol. The van der Waals surface area contributed by atoms with Gasteiger partial charge in [0.25, 0.3) is 0 Å². The van der Waals surface area contributed by atoms with Crippen LogP contribution in [0.25, 0.3) is 0 Å². The first-order chi connectivity index (χ1) is 16.5. The molecular formula is C32H46O2. The topological polar surface area (TPSA) is 26.3 Å². The van der Waals surface area contributed by atoms with Crippen LogP contribution in [0.2, 0.25) is 0 Å². The number of benzene rings is 2. The number of hydrogen-bond donors (Lipinski definition) is 0. The van der Waals surface area contributed by atoms with Gasteiger partial charge >= 0.3 is 0 Å². The van der Waals surface area contributed by atoms with Crippen LogP contribution in [0.4, 0.5) is 0 Å². The lowest BCUT2D eigenvalue weighted by atomic mass is 9.77. The van der Waals surface area contributed by atoms with E-state index in [-0.39, 0.29) is 11.3 Å². The minimum absolute atomic E-state index is 0.119. The van der Waals surface area contributed by atoms with Gasteiger partial charge in [0.05, 0.1) is 0 Å². The number of carbonyl (C=O) groups is 1. The Morgan fingerprint density at radius 1 is 0.912 bits per heavy atom. The molecule has 1 aliphatic rings. The van der Waals surface area contributed by atoms with Gasteiger partial charge in [-0.1, -0.05) is 115 Å². The molecule has 0 heterocycles. The molecule has 1 aliphatic carbocycles. The van der Waals surface area contributed by atoms with Crippen LogP contribution in [0, 0.1) is 0 Å². The molecule has 34 heavy (non-hydrogen) atoms. The normalized spacial score (nSPS) is 16.6. The van der Waals surface area contributed by atoms with Crippen molar-refractivity contribution < 1.29 is 9.53 Å². The highest BCUT2D eigenvalue weighted by Gasteiger charge is 2.26. The molecule has 1 unspecified atom stereocenters. The number of Topliss-reactive ketones (excluding diaryl/α,β-unsaturated/α-hetero) is 1. The first-order valence-electron chi connectivity index (χ1n) is 13.8. The predicted molar refractivity (Wildman–Crippen MR) is 144 cm³/mol. The molecule has 2 aromatic carbocycles. The summed E-state index contributed by atoms with van der Waals surface area (Å²) in [6.07, 6.45) is 15.5. The van der Waals surface area contributed by atoms with Crippen LogP contribution in [-0.2, 0) is 16.8 Å². The Hall–Kier alpha value is -2.09. The third kappa shape index (κ3) is 8.29. The minimum Gasteiger partial charge on any atom is -0.489 e. The summed E-state index contributed by atoms with van der Waals surface area (Å²) in [5.74, 6) is 1.66. The number of unbranched alkanes of at least 4 members (excludes halogenated alkanes) is 7. The van der Waals surface area contributed by atoms with E-state index in [1.165, 1.54) is 74.5 Å². The van der Waals surface area contributed by atoms with E-state index in [0.29, 0.717) is 18.8 Å². The fourth-order valence-electron chi connectivity index (χ4n) is 5.29. The molecule has 2 aromatic rings. The zero-order chi connectivity index (χ0) is 24.2. The quantitative estimate of drug-likeness (QED) is 0.261. The largest absolute Gasteiger partial charge is 0.489 e. The average Bonchev–Trinajstić information content (AvgIpc) is 2.85. The van der Waals surface area contributed by atoms with E-state index in [1.54, 1.807) is 0 Å². The molecule has 1 saturated carbocycles. The Labute approximate surface area is 208 Å². The molecule has 0 amide bonds. The van der Waals surface area contributed by atoms with Crippen LogP contribution >= 0.6 is 0 Å². The molecule has 3 rings (SSSR count). The van der Waals surface area contributed by atoms with E-state index in [9.17, 15) is 4.79 Å². The van der Waals surface area contributed by atoms with Crippen molar-refractivity contribution in [2.75, 3.05) is 0 Å². The second kappa shape index (κ2) is 13.7. The molecule has 1 fully saturated rings. The van der Waals surface area contributed by atoms with Gasteiger partial charge in [-0.25, -0.2) is 0 Å². The fraction of sp³-hybridized carbons (Fsp3) is 0.594. The summed E-state index contributed by atoms with van der Waals surface area (Å²) in [6.45, 7) is 7.58. The lowest BCUT2D eigenvalue weighted by molar-refractivity contribution is -0.120. The summed E-state index contributed by atoms with van der Waals surface area (Å²) in [7, 11) is 0. The van der Waals surface area contributed by atoms with E-state index >= 15 is 0 Å². The highest BCUT2D eigenvalue weighted by atomic mass is 16.5. The van der Waals surface area contributed by atoms with Gasteiger partial charge in [0.1, 0.15) is 18.1 Å². The van der Waals surface area contributed by atoms with Gasteiger partial charge in [-0.15, -0.1) is 0 Å². The SMILES string of the molecule is CCCCCCCCCCC(C)(C)c1ccc(C2CCCC(=O)C2)c(OCc2ccccc2)c1. The van der Waals surface area contributed by atoms with Crippen molar-refractivity contribution in [1.29, 1.82) is 0 Å². The Bertz CT molecular complexity index is 868. The maximum absolute atomic E-state index is 12.2. The van der Waals surface area contributed by atoms with Crippen molar-refractivity contribution in [2.24, 2.45) is 0 Å². The van der Waals surface area contributed by atoms with Crippen LogP contribution in [0.5, 0.6) is 5.75 Å². The Balaban J connectivity index is 1.65. The molecule has 0 bridgehead atoms. The number of ether oxygens (including phenoxy) is 1. The zero-order valence-corrected chi connectivity index (χ0v) is 21.9. The van der Waals surface area contributed by atoms with Gasteiger partial charge in [-0.05, 0) is 53.4 Å². The summed E-state index contributed by atoms with van der Waals surface area (Å²) < 4.78 is 6.43. The maximum Gasteiger partial charge on any atom is 0.133 e. The van der Waals surface area contributed by atoms with Crippen molar-refractivity contribution in [1.82, 2.24) is 0 Å². The molecule has 2 heteroatoms. The van der Waals surface area contributed by atoms with Gasteiger partial charge in [0.2, 0.25) is 0 Å². The molecule has 1 atom stereocenters. The van der Waals surface area contributed by atoms with E-state index in [4.69, 9.17) is 4.74 Å². The van der Waals surface area contributed by atoms with E-state index in [1.807, 2.05) is 6.07 Å². The molecule has 0 saturated heterocycles. The molecule has 0 spiro atoms. The summed E-state index contributed by atoms with van der Waals surface area (Å²) in [5.41, 5.74) is 3.87. The molecule has 0 aromatic heterocycles. The predicted octanol–water partition coefficient (Wildman–Crippen LogP) is 9.30. The third-order valence-corrected chi connectivity index (χ3v) is 7.61. The van der Waals surface area contributed by atoms with Gasteiger partial charge < -0.3 is 4.74 Å². The van der Waals surface area contributed by atoms with Crippen LogP contribution in [0.1, 0.15) is 127 Å². The second-order valence-electron chi connectivity index (χ2n) is 11.0. The van der Waals surface area contributed by atoms with Crippen molar-refractivity contribution in [3.05, 3.63) is 65.2 Å². The highest BCUT2D eigenvalue weighted by molar-refractivity contribution is 5.80. The highest BCUT2D eigenvalue weighted by Crippen LogP contribution is 2.40. The summed E-state index contributed by atoms with van der Waals surface area (Å²) in [4.78, 5) is 12.2. The number of ketones is 1. The number of hydrogen-bond acceptors (Lipinski definition) is 2. The smallest absolute Gasteiger partial charge is 0.133 e. The summed E-state index contributed by atoms with van der Waals surface area (Å²) in [5, 5.41) is 0. The van der Waals surface area contributed by atoms with Crippen molar-refractivity contribution >= 4 is 5.78 Å². The van der Waals surface area contributed by atoms with Gasteiger partial charge in [0.15, 0.2) is 0 Å². The van der Waals surface area contributed by atoms with Crippen LogP contribution in [-0.4, -0.2) is 5.78 Å². The second-order valence-corrected chi connectivity index (χ2v) is 11.0. The summed E-state index contributed by atoms with van der Waals surface area (Å²) in [6, 6.07) is 17.2. The molecule has 0 aliphatic heterocycles. The fourth-order valence-corrected chi connectivity index (χ4v) is 5.29. The van der Waals surface area contributed by atoms with Crippen molar-refractivity contribution in [3.63, 3.8) is 0 Å². The Morgan fingerprint density at radius 3 is 2.32 bits per heavy atom. The first kappa shape index (κ1) is 26.5. The minimum atomic E-state index is 0.119. The monoisotopic (exact) mass is 462 g/mol. The van der Waals surface area contributed by atoms with E-state index < -0.39 is 0 Å². The van der Waals surface area contributed by atoms with E-state index in [2.05, 4.69) is 63.2 Å². The van der Waals surface area contributed by atoms with Gasteiger partial charge in [-0.2, -0.15) is 0 Å². The molecule has 0 radical (unpaired) electrons. The van der Waals surface area contributed by atoms with Crippen LogP contribution in [0.3, 0.4) is 0 Å². The standard InChI is InChI=1S/C32H46O2/c1-4-5-6-7-8-9-10-14-22-32(2,3)28-20-21-30(27-18-15-19-29(33)23-27)31(24-28)34-25-26-16-12-11-13-17-26/h11-13,16-17,20-21,24,27H,4-10,14-15,18-19,22-23,25H2,1-3H3. The zero-order valence-electron chi connectivity index (χ0n) is 21.9. The lowest BCUT2D eigenvalue weighted by Gasteiger charge is -2.29. The van der Waals surface area contributed by atoms with Gasteiger partial charge in [-0.3, -0.25) is 4.79 Å². The first-order valence-corrected chi connectivity index (χ1v) is 13.8. The summed E-state index contributed by atoms with van der Waals surface area (Å²) >= 11 is 0. The Morgan fingerprint density at radius 2 is 1.62 bits per heavy atom. The van der Waals surface area contributed by atoms with Crippen molar-refractivity contribution in [2.45, 2.75) is 122 Å². The third-order valence-electron chi connectivity index (χ3n) is 7.61. The van der Waals surface area contributed by atoms with Crippen LogP contribution < -0.4 is 4.74 Å². The number of rotatable bonds is 14. The van der Waals surface area contributed by atoms with E-state index in [0.717, 1.165) is 25.0 Å². The molecule has 186 valence electrons. The average molecular weight is 463 g/mol. The lowest BCUT2D eigenvalue weighted by Crippen LogP contribution is -2.19. The van der Waals surface area contributed by atoms with Gasteiger partial charge in [0, 0.05) is 12.8 Å². The number of carbonyl (C=O) groups excluding carboxylic acids is 1. The van der Waals surface area contributed by atoms with Crippen LogP contribution in [0.15, 0.2) is 48.5 Å².